The van der Waals surface area contributed by atoms with Crippen LogP contribution in [0.2, 0.25) is 0 Å². The second kappa shape index (κ2) is 9.32. The van der Waals surface area contributed by atoms with Gasteiger partial charge in [0.15, 0.2) is 0 Å². The van der Waals surface area contributed by atoms with E-state index in [1.165, 1.54) is 0 Å². The summed E-state index contributed by atoms with van der Waals surface area (Å²) in [6.45, 7) is 2.40. The number of rotatable bonds is 6. The number of nitrogens with one attached hydrogen (secondary N) is 1. The number of nitrogens with zero attached hydrogens (tertiary/aromatic N) is 4. The third kappa shape index (κ3) is 4.53. The van der Waals surface area contributed by atoms with Crippen LogP contribution in [0.5, 0.6) is 5.75 Å². The van der Waals surface area contributed by atoms with E-state index in [4.69, 9.17) is 4.74 Å². The summed E-state index contributed by atoms with van der Waals surface area (Å²) in [6.07, 6.45) is 5.84. The van der Waals surface area contributed by atoms with Crippen molar-refractivity contribution in [1.82, 2.24) is 24.6 Å². The number of ether oxygens (including phenoxy) is 1. The number of hydrogen-bond acceptors (Lipinski definition) is 4. The lowest BCUT2D eigenvalue weighted by Gasteiger charge is -2.32. The highest BCUT2D eigenvalue weighted by atomic mass is 16.5. The van der Waals surface area contributed by atoms with Crippen LogP contribution >= 0.6 is 0 Å². The molecule has 1 fully saturated rings. The number of H-pyrrole nitrogens is 1. The van der Waals surface area contributed by atoms with Crippen molar-refractivity contribution in [3.63, 3.8) is 0 Å². The van der Waals surface area contributed by atoms with Crippen LogP contribution in [-0.2, 0) is 6.54 Å². The molecule has 7 heteroatoms. The van der Waals surface area contributed by atoms with E-state index in [1.807, 2.05) is 65.8 Å². The molecule has 0 saturated carbocycles. The second-order valence-electron chi connectivity index (χ2n) is 8.40. The van der Waals surface area contributed by atoms with E-state index in [-0.39, 0.29) is 5.91 Å². The Morgan fingerprint density at radius 1 is 1.06 bits per heavy atom. The number of methoxy groups -OCH3 is 1. The summed E-state index contributed by atoms with van der Waals surface area (Å²) >= 11 is 0. The molecule has 1 amide bonds. The van der Waals surface area contributed by atoms with Crippen LogP contribution in [-0.4, -0.2) is 50.8 Å². The average molecular weight is 442 g/mol. The zero-order valence-electron chi connectivity index (χ0n) is 18.6. The maximum Gasteiger partial charge on any atom is 0.271 e. The lowest BCUT2D eigenvalue weighted by Crippen LogP contribution is -2.39. The molecule has 0 radical (unpaired) electrons. The summed E-state index contributed by atoms with van der Waals surface area (Å²) in [7, 11) is 1.64. The highest BCUT2D eigenvalue weighted by Crippen LogP contribution is 2.26. The standard InChI is InChI=1S/C26H27N5O2/c1-33-22-9-5-8-21(16-22)23-17-24(29-28-23)26(32)30-13-10-19(11-14-30)18-31-15-12-27-25(31)20-6-3-2-4-7-20/h2-9,12,15-17,19H,10-11,13-14,18H2,1H3,(H,28,29). The minimum absolute atomic E-state index is 0.00250. The van der Waals surface area contributed by atoms with Gasteiger partial charge in [0.1, 0.15) is 17.3 Å². The van der Waals surface area contributed by atoms with Crippen molar-refractivity contribution in [2.75, 3.05) is 20.2 Å². The topological polar surface area (TPSA) is 76.0 Å². The smallest absolute Gasteiger partial charge is 0.271 e. The molecular formula is C26H27N5O2. The number of carbonyl (C=O) groups excluding carboxylic acids is 1. The first-order valence-electron chi connectivity index (χ1n) is 11.3. The fourth-order valence-corrected chi connectivity index (χ4v) is 4.43. The largest absolute Gasteiger partial charge is 0.497 e. The zero-order chi connectivity index (χ0) is 22.6. The van der Waals surface area contributed by atoms with Gasteiger partial charge in [0.05, 0.1) is 12.8 Å². The Labute approximate surface area is 193 Å². The molecule has 2 aromatic carbocycles. The number of likely N-dealkylation sites (tertiary alicyclic amines) is 1. The van der Waals surface area contributed by atoms with E-state index >= 15 is 0 Å². The Balaban J connectivity index is 1.20. The Kier molecular flexibility index (Phi) is 5.93. The molecule has 5 rings (SSSR count). The predicted molar refractivity (Wildman–Crippen MR) is 127 cm³/mol. The van der Waals surface area contributed by atoms with Crippen LogP contribution in [0.3, 0.4) is 0 Å². The van der Waals surface area contributed by atoms with Crippen molar-refractivity contribution < 1.29 is 9.53 Å². The summed E-state index contributed by atoms with van der Waals surface area (Å²) in [5.74, 6) is 2.28. The van der Waals surface area contributed by atoms with Gasteiger partial charge in [0, 0.05) is 43.2 Å². The fraction of sp³-hybridized carbons (Fsp3) is 0.269. The molecular weight excluding hydrogens is 414 g/mol. The molecule has 0 aliphatic carbocycles. The molecule has 0 spiro atoms. The van der Waals surface area contributed by atoms with E-state index in [0.717, 1.165) is 60.9 Å². The quantitative estimate of drug-likeness (QED) is 0.478. The van der Waals surface area contributed by atoms with Crippen LogP contribution < -0.4 is 4.74 Å². The summed E-state index contributed by atoms with van der Waals surface area (Å²) in [5, 5.41) is 7.26. The molecule has 4 aromatic rings. The average Bonchev–Trinajstić information content (AvgIpc) is 3.55. The summed E-state index contributed by atoms with van der Waals surface area (Å²) in [5.41, 5.74) is 3.30. The van der Waals surface area contributed by atoms with Crippen molar-refractivity contribution in [3.05, 3.63) is 78.8 Å². The number of carbonyl (C=O) groups is 1. The number of amides is 1. The zero-order valence-corrected chi connectivity index (χ0v) is 18.6. The van der Waals surface area contributed by atoms with Gasteiger partial charge in [-0.2, -0.15) is 5.10 Å². The van der Waals surface area contributed by atoms with E-state index in [9.17, 15) is 4.79 Å². The second-order valence-corrected chi connectivity index (χ2v) is 8.40. The SMILES string of the molecule is COc1cccc(-c2cc(C(=O)N3CCC(Cn4ccnc4-c4ccccc4)CC3)[nH]n2)c1. The fourth-order valence-electron chi connectivity index (χ4n) is 4.43. The van der Waals surface area contributed by atoms with E-state index < -0.39 is 0 Å². The molecule has 2 aromatic heterocycles. The third-order valence-corrected chi connectivity index (χ3v) is 6.28. The van der Waals surface area contributed by atoms with Crippen molar-refractivity contribution in [3.8, 4) is 28.4 Å². The number of aromatic amines is 1. The molecule has 33 heavy (non-hydrogen) atoms. The summed E-state index contributed by atoms with van der Waals surface area (Å²) in [6, 6.07) is 19.8. The Morgan fingerprint density at radius 3 is 2.64 bits per heavy atom. The maximum absolute atomic E-state index is 13.0. The molecule has 168 valence electrons. The van der Waals surface area contributed by atoms with Crippen molar-refractivity contribution in [2.24, 2.45) is 5.92 Å². The number of imidazole rings is 1. The molecule has 0 unspecified atom stereocenters. The normalized spacial score (nSPS) is 14.4. The number of piperidine rings is 1. The van der Waals surface area contributed by atoms with Crippen LogP contribution in [0.15, 0.2) is 73.1 Å². The molecule has 1 N–H and O–H groups in total. The lowest BCUT2D eigenvalue weighted by molar-refractivity contribution is 0.0677. The van der Waals surface area contributed by atoms with Crippen LogP contribution in [0.1, 0.15) is 23.3 Å². The van der Waals surface area contributed by atoms with Gasteiger partial charge in [-0.15, -0.1) is 0 Å². The number of hydrogen-bond donors (Lipinski definition) is 1. The number of benzene rings is 2. The highest BCUT2D eigenvalue weighted by molar-refractivity contribution is 5.93. The molecule has 0 bridgehead atoms. The van der Waals surface area contributed by atoms with Gasteiger partial charge in [-0.25, -0.2) is 4.98 Å². The van der Waals surface area contributed by atoms with Gasteiger partial charge < -0.3 is 14.2 Å². The van der Waals surface area contributed by atoms with Crippen molar-refractivity contribution >= 4 is 5.91 Å². The van der Waals surface area contributed by atoms with Gasteiger partial charge in [0.2, 0.25) is 0 Å². The van der Waals surface area contributed by atoms with Gasteiger partial charge in [-0.1, -0.05) is 42.5 Å². The molecule has 7 nitrogen and oxygen atoms in total. The first kappa shape index (κ1) is 21.0. The Hall–Kier alpha value is -3.87. The van der Waals surface area contributed by atoms with E-state index in [0.29, 0.717) is 11.6 Å². The van der Waals surface area contributed by atoms with Gasteiger partial charge in [-0.05, 0) is 37.0 Å². The minimum atomic E-state index is 0.00250. The first-order chi connectivity index (χ1) is 16.2. The maximum atomic E-state index is 13.0. The molecule has 1 aliphatic heterocycles. The first-order valence-corrected chi connectivity index (χ1v) is 11.3. The van der Waals surface area contributed by atoms with Crippen LogP contribution in [0.25, 0.3) is 22.6 Å². The molecule has 3 heterocycles. The van der Waals surface area contributed by atoms with E-state index in [2.05, 4.69) is 31.9 Å². The Morgan fingerprint density at radius 2 is 1.85 bits per heavy atom. The van der Waals surface area contributed by atoms with Gasteiger partial charge in [-0.3, -0.25) is 9.89 Å². The minimum Gasteiger partial charge on any atom is -0.497 e. The van der Waals surface area contributed by atoms with Crippen LogP contribution in [0.4, 0.5) is 0 Å². The van der Waals surface area contributed by atoms with Crippen LogP contribution in [0, 0.1) is 5.92 Å². The Bertz CT molecular complexity index is 1220. The molecule has 1 aliphatic rings. The van der Waals surface area contributed by atoms with E-state index in [1.54, 1.807) is 7.11 Å². The molecule has 1 saturated heterocycles. The van der Waals surface area contributed by atoms with Crippen molar-refractivity contribution in [2.45, 2.75) is 19.4 Å². The lowest BCUT2D eigenvalue weighted by atomic mass is 9.96. The summed E-state index contributed by atoms with van der Waals surface area (Å²) < 4.78 is 7.52. The predicted octanol–water partition coefficient (Wildman–Crippen LogP) is 4.50. The summed E-state index contributed by atoms with van der Waals surface area (Å²) in [4.78, 5) is 19.5. The van der Waals surface area contributed by atoms with Gasteiger partial charge >= 0.3 is 0 Å². The van der Waals surface area contributed by atoms with Gasteiger partial charge in [0.25, 0.3) is 5.91 Å². The monoisotopic (exact) mass is 441 g/mol. The highest BCUT2D eigenvalue weighted by Gasteiger charge is 2.25. The number of aromatic nitrogens is 4. The molecule has 0 atom stereocenters. The van der Waals surface area contributed by atoms with Crippen molar-refractivity contribution in [1.29, 1.82) is 0 Å². The third-order valence-electron chi connectivity index (χ3n) is 6.28.